The van der Waals surface area contributed by atoms with Gasteiger partial charge in [-0.1, -0.05) is 13.8 Å². The Morgan fingerprint density at radius 1 is 1.12 bits per heavy atom. The van der Waals surface area contributed by atoms with Crippen molar-refractivity contribution in [2.24, 2.45) is 41.4 Å². The number of carboxylic acid groups (broad SMARTS) is 1. The zero-order valence-corrected chi connectivity index (χ0v) is 14.1. The Kier molecular flexibility index (Phi) is 4.19. The maximum absolute atomic E-state index is 13.7. The fraction of sp³-hybridized carbons (Fsp3) is 0.941. The molecule has 3 rings (SSSR count). The van der Waals surface area contributed by atoms with Gasteiger partial charge in [0.05, 0.1) is 6.10 Å². The third-order valence-corrected chi connectivity index (χ3v) is 7.36. The van der Waals surface area contributed by atoms with Crippen molar-refractivity contribution < 1.29 is 32.9 Å². The average Bonchev–Trinajstić information content (AvgIpc) is 3.08. The molecular weight excluding hydrogens is 325 g/mol. The Morgan fingerprint density at radius 2 is 1.71 bits per heavy atom. The molecule has 24 heavy (non-hydrogen) atoms. The van der Waals surface area contributed by atoms with Gasteiger partial charge in [0.25, 0.3) is 0 Å². The Bertz CT molecular complexity index is 522. The van der Waals surface area contributed by atoms with Gasteiger partial charge in [-0.25, -0.2) is 4.79 Å². The molecule has 9 atom stereocenters. The number of ether oxygens (including phenoxy) is 1. The van der Waals surface area contributed by atoms with Crippen molar-refractivity contribution in [2.45, 2.75) is 51.5 Å². The van der Waals surface area contributed by atoms with E-state index < -0.39 is 36.4 Å². The van der Waals surface area contributed by atoms with Crippen LogP contribution in [0.15, 0.2) is 0 Å². The van der Waals surface area contributed by atoms with Crippen LogP contribution in [-0.4, -0.2) is 40.7 Å². The lowest BCUT2D eigenvalue weighted by Crippen LogP contribution is -2.54. The molecule has 7 heteroatoms. The van der Waals surface area contributed by atoms with E-state index in [-0.39, 0.29) is 24.2 Å². The van der Waals surface area contributed by atoms with Crippen LogP contribution in [0.1, 0.15) is 33.6 Å². The number of aliphatic carboxylic acids is 1. The minimum absolute atomic E-state index is 0.0799. The van der Waals surface area contributed by atoms with E-state index in [1.165, 1.54) is 0 Å². The lowest BCUT2D eigenvalue weighted by Gasteiger charge is -2.39. The zero-order chi connectivity index (χ0) is 18.0. The molecule has 3 aliphatic rings. The fourth-order valence-corrected chi connectivity index (χ4v) is 5.90. The second-order valence-corrected chi connectivity index (χ2v) is 8.14. The van der Waals surface area contributed by atoms with Crippen LogP contribution in [-0.2, 0) is 9.53 Å². The summed E-state index contributed by atoms with van der Waals surface area (Å²) >= 11 is 0. The van der Waals surface area contributed by atoms with E-state index >= 15 is 0 Å². The summed E-state index contributed by atoms with van der Waals surface area (Å²) in [7, 11) is 0. The second-order valence-electron chi connectivity index (χ2n) is 8.14. The molecule has 0 aliphatic heterocycles. The van der Waals surface area contributed by atoms with Crippen molar-refractivity contribution >= 4 is 5.97 Å². The third kappa shape index (κ3) is 2.38. The van der Waals surface area contributed by atoms with Crippen LogP contribution in [0.2, 0.25) is 0 Å². The molecule has 0 aromatic carbocycles. The number of hydrogen-bond donors (Lipinski definition) is 2. The summed E-state index contributed by atoms with van der Waals surface area (Å²) in [6, 6.07) is 0. The van der Waals surface area contributed by atoms with Crippen molar-refractivity contribution in [3.8, 4) is 0 Å². The van der Waals surface area contributed by atoms with Gasteiger partial charge in [-0.3, -0.25) is 0 Å². The topological polar surface area (TPSA) is 66.8 Å². The molecule has 0 aromatic rings. The summed E-state index contributed by atoms with van der Waals surface area (Å²) in [6.07, 6.45) is -4.59. The first-order chi connectivity index (χ1) is 11.0. The van der Waals surface area contributed by atoms with Crippen LogP contribution >= 0.6 is 0 Å². The number of carboxylic acids is 1. The maximum atomic E-state index is 13.7. The Balaban J connectivity index is 1.87. The van der Waals surface area contributed by atoms with E-state index in [2.05, 4.69) is 13.8 Å². The van der Waals surface area contributed by atoms with E-state index in [9.17, 15) is 23.1 Å². The molecule has 0 spiro atoms. The van der Waals surface area contributed by atoms with E-state index in [1.54, 1.807) is 0 Å². The largest absolute Gasteiger partial charge is 0.480 e. The van der Waals surface area contributed by atoms with E-state index in [1.807, 2.05) is 0 Å². The van der Waals surface area contributed by atoms with E-state index in [0.29, 0.717) is 17.8 Å². The third-order valence-electron chi connectivity index (χ3n) is 7.36. The van der Waals surface area contributed by atoms with Gasteiger partial charge < -0.3 is 14.9 Å². The number of alkyl halides is 3. The lowest BCUT2D eigenvalue weighted by molar-refractivity contribution is -0.296. The van der Waals surface area contributed by atoms with Crippen LogP contribution in [0.3, 0.4) is 0 Å². The van der Waals surface area contributed by atoms with Gasteiger partial charge in [0.15, 0.2) is 5.60 Å². The molecule has 0 heterocycles. The average molecular weight is 350 g/mol. The van der Waals surface area contributed by atoms with Crippen LogP contribution in [0.25, 0.3) is 0 Å². The molecular formula is C17H25F3O4. The minimum Gasteiger partial charge on any atom is -0.480 e. The number of aliphatic hydroxyl groups is 1. The summed E-state index contributed by atoms with van der Waals surface area (Å²) in [5.41, 5.74) is -2.64. The van der Waals surface area contributed by atoms with Crippen molar-refractivity contribution in [2.75, 3.05) is 6.61 Å². The predicted molar refractivity (Wildman–Crippen MR) is 79.1 cm³/mol. The molecule has 0 radical (unpaired) electrons. The molecule has 138 valence electrons. The first-order valence-electron chi connectivity index (χ1n) is 8.59. The molecule has 4 nitrogen and oxygen atoms in total. The zero-order valence-electron chi connectivity index (χ0n) is 14.1. The fourth-order valence-electron chi connectivity index (χ4n) is 5.90. The normalized spacial score (nSPS) is 46.8. The molecule has 0 amide bonds. The molecule has 2 bridgehead atoms. The standard InChI is InChI=1S/C17H25F3O4/c1-7-8(2)10-4-9(7)11-5-12(15(23)14(10)11)16(3,17(18,19)20)24-6-13(21)22/h7-12,14-15,23H,4-6H2,1-3H3,(H,21,22). The van der Waals surface area contributed by atoms with Crippen molar-refractivity contribution in [1.82, 2.24) is 0 Å². The van der Waals surface area contributed by atoms with Gasteiger partial charge in [0.2, 0.25) is 0 Å². The molecule has 3 fully saturated rings. The Labute approximate surface area is 139 Å². The van der Waals surface area contributed by atoms with Crippen LogP contribution in [0, 0.1) is 41.4 Å². The summed E-state index contributed by atoms with van der Waals surface area (Å²) in [5, 5.41) is 19.4. The Hall–Kier alpha value is -0.820. The SMILES string of the molecule is CC1C(C)C2CC1C1CC(C(C)(OCC(=O)O)C(F)(F)F)C(O)C21. The number of fused-ring (bicyclic) bond motifs is 5. The first-order valence-corrected chi connectivity index (χ1v) is 8.59. The van der Waals surface area contributed by atoms with Crippen molar-refractivity contribution in [1.29, 1.82) is 0 Å². The molecule has 3 saturated carbocycles. The van der Waals surface area contributed by atoms with Crippen LogP contribution in [0.4, 0.5) is 13.2 Å². The molecule has 9 unspecified atom stereocenters. The monoisotopic (exact) mass is 350 g/mol. The Morgan fingerprint density at radius 3 is 2.25 bits per heavy atom. The van der Waals surface area contributed by atoms with Crippen LogP contribution < -0.4 is 0 Å². The molecule has 0 aromatic heterocycles. The van der Waals surface area contributed by atoms with Gasteiger partial charge in [-0.05, 0) is 55.3 Å². The van der Waals surface area contributed by atoms with E-state index in [0.717, 1.165) is 13.3 Å². The van der Waals surface area contributed by atoms with Gasteiger partial charge in [-0.15, -0.1) is 0 Å². The summed E-state index contributed by atoms with van der Waals surface area (Å²) in [5.74, 6) is -1.13. The van der Waals surface area contributed by atoms with E-state index in [4.69, 9.17) is 9.84 Å². The van der Waals surface area contributed by atoms with Gasteiger partial charge in [-0.2, -0.15) is 13.2 Å². The van der Waals surface area contributed by atoms with Gasteiger partial charge in [0.1, 0.15) is 6.61 Å². The first kappa shape index (κ1) is 18.0. The second kappa shape index (κ2) is 5.59. The number of halogens is 3. The van der Waals surface area contributed by atoms with Crippen molar-refractivity contribution in [3.63, 3.8) is 0 Å². The van der Waals surface area contributed by atoms with Gasteiger partial charge >= 0.3 is 12.1 Å². The summed E-state index contributed by atoms with van der Waals surface area (Å²) in [4.78, 5) is 10.7. The minimum atomic E-state index is -4.73. The number of aliphatic hydroxyl groups excluding tert-OH is 1. The summed E-state index contributed by atoms with van der Waals surface area (Å²) in [6.45, 7) is 4.14. The molecule has 3 aliphatic carbocycles. The number of rotatable bonds is 4. The number of carbonyl (C=O) groups is 1. The highest BCUT2D eigenvalue weighted by Crippen LogP contribution is 2.66. The lowest BCUT2D eigenvalue weighted by atomic mass is 9.70. The molecule has 2 N–H and O–H groups in total. The maximum Gasteiger partial charge on any atom is 0.417 e. The highest BCUT2D eigenvalue weighted by Gasteiger charge is 2.68. The smallest absolute Gasteiger partial charge is 0.417 e. The number of hydrogen-bond acceptors (Lipinski definition) is 3. The highest BCUT2D eigenvalue weighted by atomic mass is 19.4. The quantitative estimate of drug-likeness (QED) is 0.818. The summed E-state index contributed by atoms with van der Waals surface area (Å²) < 4.78 is 45.9. The predicted octanol–water partition coefficient (Wildman–Crippen LogP) is 2.94. The molecule has 0 saturated heterocycles. The highest BCUT2D eigenvalue weighted by molar-refractivity contribution is 5.68. The van der Waals surface area contributed by atoms with Gasteiger partial charge in [0, 0.05) is 5.92 Å². The van der Waals surface area contributed by atoms with Crippen LogP contribution in [0.5, 0.6) is 0 Å². The van der Waals surface area contributed by atoms with Crippen molar-refractivity contribution in [3.05, 3.63) is 0 Å².